The third-order valence-electron chi connectivity index (χ3n) is 8.00. The van der Waals surface area contributed by atoms with Gasteiger partial charge >= 0.3 is 0 Å². The lowest BCUT2D eigenvalue weighted by Gasteiger charge is -2.50. The number of carbonyl (C=O) groups is 4. The summed E-state index contributed by atoms with van der Waals surface area (Å²) in [6.07, 6.45) is 2.11. The van der Waals surface area contributed by atoms with Crippen molar-refractivity contribution in [2.45, 2.75) is 42.4 Å². The Balaban J connectivity index is 1.77. The molecule has 4 aliphatic rings. The third kappa shape index (κ3) is 2.70. The summed E-state index contributed by atoms with van der Waals surface area (Å²) < 4.78 is 0. The minimum Gasteiger partial charge on any atom is -0.507 e. The number of carbonyl (C=O) groups excluding carboxylic acids is 4. The number of para-hydroxylation sites is 1. The number of hydrogen-bond donors (Lipinski definition) is 1. The number of aryl methyl sites for hydroxylation is 1. The number of hydrogen-bond acceptors (Lipinski definition) is 5. The van der Waals surface area contributed by atoms with Crippen LogP contribution >= 0.6 is 39.1 Å². The number of allylic oxidation sites excluding steroid dienone is 2. The SMILES string of the molecule is CCN1C(=O)C2CC=C3C(CC4(Cl)C(=O)N(CBr)C(=O)C4(Cl)C3c3cccc(C)c3O)C2C1=O. The standard InChI is InChI=1S/C24H23BrCl2N2O5/c1-3-28-19(31)13-8-7-12-15(16(13)20(28)32)9-23(26)21(33)29(10-25)22(34)24(23,27)17(12)14-6-4-5-11(2)18(14)30/h4-7,13,15-17,30H,3,8-10H2,1-2H3. The van der Waals surface area contributed by atoms with E-state index >= 15 is 0 Å². The summed E-state index contributed by atoms with van der Waals surface area (Å²) in [7, 11) is 0. The number of imide groups is 2. The summed E-state index contributed by atoms with van der Waals surface area (Å²) in [5, 5.41) is 11.0. The second-order valence-electron chi connectivity index (χ2n) is 9.42. The number of nitrogens with zero attached hydrogens (tertiary/aromatic N) is 2. The largest absolute Gasteiger partial charge is 0.507 e. The first kappa shape index (κ1) is 23.8. The molecule has 3 fully saturated rings. The fourth-order valence-electron chi connectivity index (χ4n) is 6.39. The predicted octanol–water partition coefficient (Wildman–Crippen LogP) is 3.43. The Morgan fingerprint density at radius 1 is 1.09 bits per heavy atom. The van der Waals surface area contributed by atoms with E-state index in [9.17, 15) is 24.3 Å². The van der Waals surface area contributed by atoms with E-state index in [1.807, 2.05) is 6.08 Å². The average Bonchev–Trinajstić information content (AvgIpc) is 3.14. The van der Waals surface area contributed by atoms with E-state index in [1.54, 1.807) is 32.0 Å². The number of amides is 4. The van der Waals surface area contributed by atoms with Gasteiger partial charge in [-0.15, -0.1) is 23.2 Å². The molecule has 7 nitrogen and oxygen atoms in total. The van der Waals surface area contributed by atoms with Crippen LogP contribution in [0.1, 0.15) is 36.8 Å². The van der Waals surface area contributed by atoms with Crippen LogP contribution in [0.15, 0.2) is 29.8 Å². The first-order chi connectivity index (χ1) is 16.0. The molecular weight excluding hydrogens is 547 g/mol. The van der Waals surface area contributed by atoms with Crippen molar-refractivity contribution >= 4 is 62.8 Å². The zero-order valence-corrected chi connectivity index (χ0v) is 21.7. The maximum atomic E-state index is 13.6. The zero-order valence-electron chi connectivity index (χ0n) is 18.6. The van der Waals surface area contributed by atoms with Gasteiger partial charge in [-0.3, -0.25) is 29.0 Å². The summed E-state index contributed by atoms with van der Waals surface area (Å²) in [5.41, 5.74) is 1.53. The molecule has 0 aromatic heterocycles. The molecule has 1 N–H and O–H groups in total. The fraction of sp³-hybridized carbons (Fsp3) is 0.500. The van der Waals surface area contributed by atoms with Gasteiger partial charge in [0.15, 0.2) is 9.75 Å². The molecule has 1 saturated carbocycles. The van der Waals surface area contributed by atoms with Crippen molar-refractivity contribution in [1.82, 2.24) is 9.80 Å². The van der Waals surface area contributed by atoms with Gasteiger partial charge in [0.1, 0.15) is 5.75 Å². The minimum absolute atomic E-state index is 0.0447. The lowest BCUT2D eigenvalue weighted by atomic mass is 9.56. The van der Waals surface area contributed by atoms with Crippen LogP contribution in [0.5, 0.6) is 5.75 Å². The van der Waals surface area contributed by atoms with E-state index in [1.165, 1.54) is 4.90 Å². The maximum Gasteiger partial charge on any atom is 0.254 e. The van der Waals surface area contributed by atoms with Gasteiger partial charge < -0.3 is 5.11 Å². The minimum atomic E-state index is -1.91. The Bertz CT molecular complexity index is 1190. The molecule has 0 bridgehead atoms. The topological polar surface area (TPSA) is 95.0 Å². The second-order valence-corrected chi connectivity index (χ2v) is 11.2. The van der Waals surface area contributed by atoms with E-state index in [2.05, 4.69) is 15.9 Å². The summed E-state index contributed by atoms with van der Waals surface area (Å²) >= 11 is 17.4. The zero-order chi connectivity index (χ0) is 24.7. The van der Waals surface area contributed by atoms with Gasteiger partial charge in [-0.25, -0.2) is 0 Å². The first-order valence-corrected chi connectivity index (χ1v) is 13.1. The van der Waals surface area contributed by atoms with Gasteiger partial charge in [0.25, 0.3) is 11.8 Å². The number of halogens is 3. The Hall–Kier alpha value is -1.90. The highest BCUT2D eigenvalue weighted by Crippen LogP contribution is 2.66. The quantitative estimate of drug-likeness (QED) is 0.260. The molecule has 1 aromatic rings. The number of aromatic hydroxyl groups is 1. The Morgan fingerprint density at radius 2 is 1.79 bits per heavy atom. The molecule has 0 spiro atoms. The van der Waals surface area contributed by atoms with Crippen molar-refractivity contribution < 1.29 is 24.3 Å². The first-order valence-electron chi connectivity index (χ1n) is 11.2. The molecule has 1 aromatic carbocycles. The number of likely N-dealkylation sites (tertiary alicyclic amines) is 2. The highest BCUT2D eigenvalue weighted by molar-refractivity contribution is 9.09. The number of fused-ring (bicyclic) bond motifs is 4. The molecule has 0 radical (unpaired) electrons. The van der Waals surface area contributed by atoms with Crippen molar-refractivity contribution in [2.75, 3.05) is 12.0 Å². The molecule has 6 atom stereocenters. The van der Waals surface area contributed by atoms with Crippen LogP contribution in [-0.2, 0) is 19.2 Å². The summed E-state index contributed by atoms with van der Waals surface area (Å²) in [4.78, 5) is 51.8. The summed E-state index contributed by atoms with van der Waals surface area (Å²) in [6.45, 7) is 3.73. The summed E-state index contributed by atoms with van der Waals surface area (Å²) in [5.74, 6) is -4.64. The normalized spacial score (nSPS) is 37.0. The molecule has 34 heavy (non-hydrogen) atoms. The molecule has 6 unspecified atom stereocenters. The number of benzene rings is 1. The number of phenolic OH excluding ortho intramolecular Hbond substituents is 1. The lowest BCUT2D eigenvalue weighted by molar-refractivity contribution is -0.141. The predicted molar refractivity (Wildman–Crippen MR) is 129 cm³/mol. The second kappa shape index (κ2) is 7.80. The van der Waals surface area contributed by atoms with Crippen LogP contribution < -0.4 is 0 Å². The van der Waals surface area contributed by atoms with Gasteiger partial charge in [-0.1, -0.05) is 45.8 Å². The maximum absolute atomic E-state index is 13.6. The smallest absolute Gasteiger partial charge is 0.254 e. The molecule has 2 saturated heterocycles. The van der Waals surface area contributed by atoms with Crippen molar-refractivity contribution in [3.63, 3.8) is 0 Å². The molecule has 2 heterocycles. The van der Waals surface area contributed by atoms with Crippen molar-refractivity contribution in [2.24, 2.45) is 17.8 Å². The van der Waals surface area contributed by atoms with Gasteiger partial charge in [0, 0.05) is 18.0 Å². The number of rotatable bonds is 3. The Kier molecular flexibility index (Phi) is 5.47. The van der Waals surface area contributed by atoms with Crippen molar-refractivity contribution in [3.8, 4) is 5.75 Å². The fourth-order valence-corrected chi connectivity index (χ4v) is 7.81. The number of alkyl halides is 3. The van der Waals surface area contributed by atoms with Crippen molar-refractivity contribution in [1.29, 1.82) is 0 Å². The van der Waals surface area contributed by atoms with Crippen molar-refractivity contribution in [3.05, 3.63) is 41.0 Å². The Labute approximate surface area is 215 Å². The molecule has 5 rings (SSSR count). The van der Waals surface area contributed by atoms with E-state index < -0.39 is 45.2 Å². The van der Waals surface area contributed by atoms with Crippen LogP contribution in [0.25, 0.3) is 0 Å². The lowest BCUT2D eigenvalue weighted by Crippen LogP contribution is -2.60. The molecule has 2 aliphatic heterocycles. The molecular formula is C24H23BrCl2N2O5. The van der Waals surface area contributed by atoms with Crippen LogP contribution in [0.3, 0.4) is 0 Å². The van der Waals surface area contributed by atoms with Gasteiger partial charge in [-0.2, -0.15) is 0 Å². The average molecular weight is 570 g/mol. The molecule has 4 amide bonds. The van der Waals surface area contributed by atoms with Crippen LogP contribution in [-0.4, -0.2) is 60.3 Å². The number of phenols is 1. The van der Waals surface area contributed by atoms with Crippen LogP contribution in [0.4, 0.5) is 0 Å². The molecule has 180 valence electrons. The van der Waals surface area contributed by atoms with Crippen LogP contribution in [0, 0.1) is 24.7 Å². The van der Waals surface area contributed by atoms with E-state index in [0.717, 1.165) is 4.90 Å². The van der Waals surface area contributed by atoms with E-state index in [4.69, 9.17) is 23.2 Å². The van der Waals surface area contributed by atoms with E-state index in [0.29, 0.717) is 23.1 Å². The molecule has 10 heteroatoms. The summed E-state index contributed by atoms with van der Waals surface area (Å²) in [6, 6.07) is 5.13. The monoisotopic (exact) mass is 568 g/mol. The van der Waals surface area contributed by atoms with Gasteiger partial charge in [0.2, 0.25) is 11.8 Å². The third-order valence-corrected chi connectivity index (χ3v) is 9.92. The van der Waals surface area contributed by atoms with Crippen LogP contribution in [0.2, 0.25) is 0 Å². The van der Waals surface area contributed by atoms with E-state index in [-0.39, 0.29) is 36.0 Å². The highest BCUT2D eigenvalue weighted by atomic mass is 79.9. The Morgan fingerprint density at radius 3 is 2.44 bits per heavy atom. The van der Waals surface area contributed by atoms with Gasteiger partial charge in [-0.05, 0) is 38.2 Å². The van der Waals surface area contributed by atoms with Gasteiger partial charge in [0.05, 0.1) is 17.3 Å². The molecule has 2 aliphatic carbocycles. The highest BCUT2D eigenvalue weighted by Gasteiger charge is 2.76.